The highest BCUT2D eigenvalue weighted by Crippen LogP contribution is 2.17. The Labute approximate surface area is 179 Å². The van der Waals surface area contributed by atoms with Crippen LogP contribution in [0.25, 0.3) is 6.08 Å². The van der Waals surface area contributed by atoms with Crippen LogP contribution in [0, 0.1) is 0 Å². The van der Waals surface area contributed by atoms with Gasteiger partial charge in [0.05, 0.1) is 0 Å². The Hall–Kier alpha value is -3.08. The van der Waals surface area contributed by atoms with Crippen molar-refractivity contribution in [2.24, 2.45) is 0 Å². The number of hydrogen-bond donors (Lipinski definition) is 1. The fraction of sp³-hybridized carbons (Fsp3) is 0.360. The minimum absolute atomic E-state index is 0.245. The van der Waals surface area contributed by atoms with Crippen LogP contribution in [0.1, 0.15) is 51.3 Å². The van der Waals surface area contributed by atoms with Crippen molar-refractivity contribution in [3.63, 3.8) is 0 Å². The average Bonchev–Trinajstić information content (AvgIpc) is 2.63. The summed E-state index contributed by atoms with van der Waals surface area (Å²) in [4.78, 5) is 24.0. The molecule has 2 rings (SSSR count). The highest BCUT2D eigenvalue weighted by atomic mass is 16.6. The number of carbonyl (C=O) groups is 2. The summed E-state index contributed by atoms with van der Waals surface area (Å²) < 4.78 is 10.6. The van der Waals surface area contributed by atoms with Gasteiger partial charge in [-0.05, 0) is 63.8 Å². The first-order valence-corrected chi connectivity index (χ1v) is 10.0. The first kappa shape index (κ1) is 23.2. The largest absolute Gasteiger partial charge is 0.458 e. The molecule has 1 N–H and O–H groups in total. The van der Waals surface area contributed by atoms with Crippen molar-refractivity contribution in [3.8, 4) is 0 Å². The van der Waals surface area contributed by atoms with Crippen molar-refractivity contribution >= 4 is 18.1 Å². The number of ether oxygens (including phenoxy) is 2. The molecule has 0 saturated heterocycles. The van der Waals surface area contributed by atoms with E-state index in [1.807, 2.05) is 89.2 Å². The summed E-state index contributed by atoms with van der Waals surface area (Å²) in [5.74, 6) is -0.392. The molecule has 5 heteroatoms. The molecule has 30 heavy (non-hydrogen) atoms. The predicted molar refractivity (Wildman–Crippen MR) is 119 cm³/mol. The molecule has 0 aliphatic heterocycles. The predicted octanol–water partition coefficient (Wildman–Crippen LogP) is 5.29. The van der Waals surface area contributed by atoms with Gasteiger partial charge in [-0.25, -0.2) is 9.59 Å². The summed E-state index contributed by atoms with van der Waals surface area (Å²) in [5.41, 5.74) is 1.84. The summed E-state index contributed by atoms with van der Waals surface area (Å²) in [6.07, 6.45) is 3.33. The first-order chi connectivity index (χ1) is 14.0. The molecule has 0 atom stereocenters. The van der Waals surface area contributed by atoms with Gasteiger partial charge in [-0.2, -0.15) is 0 Å². The van der Waals surface area contributed by atoms with Crippen molar-refractivity contribution in [2.75, 3.05) is 0 Å². The summed E-state index contributed by atoms with van der Waals surface area (Å²) in [6.45, 7) is 9.64. The molecule has 0 radical (unpaired) electrons. The highest BCUT2D eigenvalue weighted by Gasteiger charge is 2.24. The van der Waals surface area contributed by atoms with E-state index in [-0.39, 0.29) is 6.61 Å². The van der Waals surface area contributed by atoms with Crippen LogP contribution in [0.2, 0.25) is 0 Å². The van der Waals surface area contributed by atoms with Crippen molar-refractivity contribution in [3.05, 3.63) is 77.4 Å². The molecule has 0 aliphatic rings. The first-order valence-electron chi connectivity index (χ1n) is 10.0. The number of alkyl carbamates (subject to hydrolysis) is 1. The van der Waals surface area contributed by atoms with E-state index < -0.39 is 23.2 Å². The second-order valence-electron chi connectivity index (χ2n) is 8.86. The van der Waals surface area contributed by atoms with Crippen LogP contribution in [0.15, 0.2) is 60.7 Å². The molecule has 0 aromatic heterocycles. The minimum Gasteiger partial charge on any atom is -0.458 e. The van der Waals surface area contributed by atoms with Crippen LogP contribution in [0.4, 0.5) is 4.79 Å². The van der Waals surface area contributed by atoms with Crippen LogP contribution < -0.4 is 5.32 Å². The van der Waals surface area contributed by atoms with Crippen molar-refractivity contribution in [2.45, 2.75) is 58.8 Å². The van der Waals surface area contributed by atoms with E-state index in [9.17, 15) is 9.59 Å². The molecule has 0 aliphatic carbocycles. The molecule has 2 aromatic carbocycles. The second kappa shape index (κ2) is 10.1. The zero-order chi connectivity index (χ0) is 22.2. The number of rotatable bonds is 7. The molecule has 0 saturated carbocycles. The van der Waals surface area contributed by atoms with Gasteiger partial charge in [0.2, 0.25) is 0 Å². The number of hydrogen-bond acceptors (Lipinski definition) is 4. The third kappa shape index (κ3) is 8.95. The van der Waals surface area contributed by atoms with E-state index in [1.54, 1.807) is 6.08 Å². The number of esters is 1. The Morgan fingerprint density at radius 3 is 2.27 bits per heavy atom. The highest BCUT2D eigenvalue weighted by molar-refractivity contribution is 5.87. The molecule has 0 heterocycles. The zero-order valence-electron chi connectivity index (χ0n) is 18.4. The fourth-order valence-electron chi connectivity index (χ4n) is 2.88. The molecular formula is C25H31NO4. The SMILES string of the molecule is CC(C)(Cc1cccc(C=CC(=O)OCc2ccccc2)c1)NC(=O)OC(C)(C)C. The Morgan fingerprint density at radius 1 is 0.933 bits per heavy atom. The number of benzene rings is 2. The average molecular weight is 410 g/mol. The van der Waals surface area contributed by atoms with E-state index in [4.69, 9.17) is 9.47 Å². The van der Waals surface area contributed by atoms with E-state index >= 15 is 0 Å². The maximum absolute atomic E-state index is 12.1. The molecule has 2 aromatic rings. The lowest BCUT2D eigenvalue weighted by Gasteiger charge is -2.28. The molecule has 1 amide bonds. The standard InChI is InChI=1S/C25H31NO4/c1-24(2,3)30-23(28)26-25(4,5)17-21-13-9-12-19(16-21)14-15-22(27)29-18-20-10-7-6-8-11-20/h6-16H,17-18H2,1-5H3,(H,26,28). The number of nitrogens with one attached hydrogen (secondary N) is 1. The summed E-state index contributed by atoms with van der Waals surface area (Å²) in [5, 5.41) is 2.91. The Morgan fingerprint density at radius 2 is 1.60 bits per heavy atom. The van der Waals surface area contributed by atoms with Crippen molar-refractivity contribution in [1.82, 2.24) is 5.32 Å². The van der Waals surface area contributed by atoms with E-state index in [1.165, 1.54) is 6.08 Å². The van der Waals surface area contributed by atoms with E-state index in [2.05, 4.69) is 5.32 Å². The van der Waals surface area contributed by atoms with Crippen LogP contribution in [0.3, 0.4) is 0 Å². The minimum atomic E-state index is -0.542. The van der Waals surface area contributed by atoms with Gasteiger partial charge in [0, 0.05) is 11.6 Å². The molecule has 0 bridgehead atoms. The third-order valence-electron chi connectivity index (χ3n) is 4.07. The molecule has 160 valence electrons. The van der Waals surface area contributed by atoms with Gasteiger partial charge < -0.3 is 14.8 Å². The van der Waals surface area contributed by atoms with Gasteiger partial charge in [0.1, 0.15) is 12.2 Å². The zero-order valence-corrected chi connectivity index (χ0v) is 18.4. The Bertz CT molecular complexity index is 880. The van der Waals surface area contributed by atoms with E-state index in [0.29, 0.717) is 6.42 Å². The molecular weight excluding hydrogens is 378 g/mol. The van der Waals surface area contributed by atoms with Crippen LogP contribution in [0.5, 0.6) is 0 Å². The third-order valence-corrected chi connectivity index (χ3v) is 4.07. The fourth-order valence-corrected chi connectivity index (χ4v) is 2.88. The lowest BCUT2D eigenvalue weighted by Crippen LogP contribution is -2.47. The van der Waals surface area contributed by atoms with Crippen molar-refractivity contribution < 1.29 is 19.1 Å². The normalized spacial score (nSPS) is 11.9. The maximum Gasteiger partial charge on any atom is 0.408 e. The molecule has 0 spiro atoms. The molecule has 5 nitrogen and oxygen atoms in total. The maximum atomic E-state index is 12.1. The molecule has 0 unspecified atom stereocenters. The Kier molecular flexibility index (Phi) is 7.81. The summed E-state index contributed by atoms with van der Waals surface area (Å²) in [6, 6.07) is 17.4. The van der Waals surface area contributed by atoms with Gasteiger partial charge in [-0.1, -0.05) is 54.6 Å². The quantitative estimate of drug-likeness (QED) is 0.498. The van der Waals surface area contributed by atoms with Gasteiger partial charge in [0.15, 0.2) is 0 Å². The lowest BCUT2D eigenvalue weighted by atomic mass is 9.94. The monoisotopic (exact) mass is 409 g/mol. The van der Waals surface area contributed by atoms with Gasteiger partial charge in [-0.3, -0.25) is 0 Å². The van der Waals surface area contributed by atoms with Crippen LogP contribution in [-0.2, 0) is 27.3 Å². The van der Waals surface area contributed by atoms with E-state index in [0.717, 1.165) is 16.7 Å². The van der Waals surface area contributed by atoms with Gasteiger partial charge >= 0.3 is 12.1 Å². The van der Waals surface area contributed by atoms with Gasteiger partial charge in [-0.15, -0.1) is 0 Å². The second-order valence-corrected chi connectivity index (χ2v) is 8.86. The van der Waals surface area contributed by atoms with Crippen LogP contribution in [-0.4, -0.2) is 23.2 Å². The smallest absolute Gasteiger partial charge is 0.408 e. The Balaban J connectivity index is 1.92. The summed E-state index contributed by atoms with van der Waals surface area (Å²) in [7, 11) is 0. The molecule has 0 fully saturated rings. The number of carbonyl (C=O) groups excluding carboxylic acids is 2. The number of amides is 1. The summed E-state index contributed by atoms with van der Waals surface area (Å²) >= 11 is 0. The van der Waals surface area contributed by atoms with Crippen LogP contribution >= 0.6 is 0 Å². The lowest BCUT2D eigenvalue weighted by molar-refractivity contribution is -0.138. The van der Waals surface area contributed by atoms with Crippen molar-refractivity contribution in [1.29, 1.82) is 0 Å². The van der Waals surface area contributed by atoms with Gasteiger partial charge in [0.25, 0.3) is 0 Å². The topological polar surface area (TPSA) is 64.6 Å².